The highest BCUT2D eigenvalue weighted by molar-refractivity contribution is 5.21. The fourth-order valence-corrected chi connectivity index (χ4v) is 3.25. The summed E-state index contributed by atoms with van der Waals surface area (Å²) in [6, 6.07) is 0. The van der Waals surface area contributed by atoms with Crippen molar-refractivity contribution in [3.05, 3.63) is 17.2 Å². The number of rotatable bonds is 3. The van der Waals surface area contributed by atoms with Crippen molar-refractivity contribution in [2.24, 2.45) is 0 Å². The van der Waals surface area contributed by atoms with Gasteiger partial charge < -0.3 is 14.8 Å². The second-order valence-corrected chi connectivity index (χ2v) is 5.81. The summed E-state index contributed by atoms with van der Waals surface area (Å²) in [7, 11) is 0. The van der Waals surface area contributed by atoms with Gasteiger partial charge in [-0.15, -0.1) is 0 Å². The lowest BCUT2D eigenvalue weighted by Crippen LogP contribution is -2.34. The molecule has 1 N–H and O–H groups in total. The summed E-state index contributed by atoms with van der Waals surface area (Å²) in [6.07, 6.45) is -0.218. The summed E-state index contributed by atoms with van der Waals surface area (Å²) >= 11 is 0. The van der Waals surface area contributed by atoms with Gasteiger partial charge in [-0.25, -0.2) is 4.98 Å². The van der Waals surface area contributed by atoms with Crippen LogP contribution >= 0.6 is 0 Å². The molecule has 2 aliphatic rings. The number of hydrogen-bond donors (Lipinski definition) is 1. The topological polar surface area (TPSA) is 33.1 Å². The maximum absolute atomic E-state index is 13.2. The third-order valence-corrected chi connectivity index (χ3v) is 4.33. The highest BCUT2D eigenvalue weighted by Gasteiger charge is 2.39. The zero-order valence-electron chi connectivity index (χ0n) is 12.0. The van der Waals surface area contributed by atoms with Crippen LogP contribution in [0.15, 0.2) is 0 Å². The standard InChI is InChI=1S/C14H21F3N4/c15-14(16,17)13-19-11-10-18-5-4-12(11)21(13)9-8-20-6-2-1-3-7-20/h18H,1-10H2. The van der Waals surface area contributed by atoms with Crippen molar-refractivity contribution in [2.75, 3.05) is 26.2 Å². The molecule has 0 radical (unpaired) electrons. The quantitative estimate of drug-likeness (QED) is 0.927. The largest absolute Gasteiger partial charge is 0.449 e. The van der Waals surface area contributed by atoms with Crippen LogP contribution in [0, 0.1) is 0 Å². The van der Waals surface area contributed by atoms with Crippen LogP contribution in [0.2, 0.25) is 0 Å². The van der Waals surface area contributed by atoms with Gasteiger partial charge in [-0.1, -0.05) is 6.42 Å². The van der Waals surface area contributed by atoms with Gasteiger partial charge in [0.2, 0.25) is 5.82 Å². The van der Waals surface area contributed by atoms with Crippen LogP contribution in [0.4, 0.5) is 13.2 Å². The van der Waals surface area contributed by atoms with E-state index in [0.29, 0.717) is 31.7 Å². The number of fused-ring (bicyclic) bond motifs is 1. The van der Waals surface area contributed by atoms with Crippen LogP contribution in [0.5, 0.6) is 0 Å². The van der Waals surface area contributed by atoms with E-state index in [9.17, 15) is 13.2 Å². The SMILES string of the molecule is FC(F)(F)c1nc2c(n1CCN1CCCCC1)CCNC2. The maximum atomic E-state index is 13.2. The number of piperidine rings is 1. The van der Waals surface area contributed by atoms with Gasteiger partial charge in [0.05, 0.1) is 5.69 Å². The zero-order chi connectivity index (χ0) is 14.9. The molecule has 7 heteroatoms. The highest BCUT2D eigenvalue weighted by Crippen LogP contribution is 2.31. The fourth-order valence-electron chi connectivity index (χ4n) is 3.25. The van der Waals surface area contributed by atoms with Gasteiger partial charge >= 0.3 is 6.18 Å². The predicted molar refractivity (Wildman–Crippen MR) is 72.9 cm³/mol. The first-order chi connectivity index (χ1) is 10.1. The smallest absolute Gasteiger partial charge is 0.323 e. The Kier molecular flexibility index (Phi) is 4.21. The summed E-state index contributed by atoms with van der Waals surface area (Å²) in [5.74, 6) is -0.729. The molecule has 1 aromatic rings. The number of nitrogens with zero attached hydrogens (tertiary/aromatic N) is 3. The van der Waals surface area contributed by atoms with E-state index in [1.54, 1.807) is 0 Å². The molecule has 0 unspecified atom stereocenters. The van der Waals surface area contributed by atoms with Gasteiger partial charge in [0.15, 0.2) is 0 Å². The summed E-state index contributed by atoms with van der Waals surface area (Å²) < 4.78 is 41.0. The molecule has 0 atom stereocenters. The molecule has 3 rings (SSSR count). The summed E-state index contributed by atoms with van der Waals surface area (Å²) in [4.78, 5) is 6.10. The van der Waals surface area contributed by atoms with Crippen molar-refractivity contribution in [3.8, 4) is 0 Å². The van der Waals surface area contributed by atoms with E-state index < -0.39 is 12.0 Å². The van der Waals surface area contributed by atoms with E-state index in [-0.39, 0.29) is 0 Å². The molecule has 0 bridgehead atoms. The van der Waals surface area contributed by atoms with Crippen molar-refractivity contribution in [3.63, 3.8) is 0 Å². The van der Waals surface area contributed by atoms with Crippen LogP contribution in [0.1, 0.15) is 36.5 Å². The van der Waals surface area contributed by atoms with Crippen LogP contribution in [0.25, 0.3) is 0 Å². The second kappa shape index (κ2) is 5.96. The monoisotopic (exact) mass is 302 g/mol. The molecular formula is C14H21F3N4. The van der Waals surface area contributed by atoms with E-state index in [4.69, 9.17) is 0 Å². The van der Waals surface area contributed by atoms with Crippen molar-refractivity contribution >= 4 is 0 Å². The number of halogens is 3. The Hall–Kier alpha value is -1.08. The average molecular weight is 302 g/mol. The van der Waals surface area contributed by atoms with E-state index >= 15 is 0 Å². The number of nitrogens with one attached hydrogen (secondary N) is 1. The van der Waals surface area contributed by atoms with Crippen molar-refractivity contribution in [2.45, 2.75) is 44.9 Å². The average Bonchev–Trinajstić information content (AvgIpc) is 2.85. The predicted octanol–water partition coefficient (Wildman–Crippen LogP) is 2.03. The Morgan fingerprint density at radius 2 is 1.86 bits per heavy atom. The van der Waals surface area contributed by atoms with Gasteiger partial charge in [-0.05, 0) is 25.9 Å². The lowest BCUT2D eigenvalue weighted by Gasteiger charge is -2.27. The Labute approximate surface area is 122 Å². The number of likely N-dealkylation sites (tertiary alicyclic amines) is 1. The third kappa shape index (κ3) is 3.23. The van der Waals surface area contributed by atoms with E-state index in [0.717, 1.165) is 38.2 Å². The first-order valence-corrected chi connectivity index (χ1v) is 7.64. The number of hydrogen-bond acceptors (Lipinski definition) is 3. The maximum Gasteiger partial charge on any atom is 0.449 e. The third-order valence-electron chi connectivity index (χ3n) is 4.33. The Morgan fingerprint density at radius 1 is 1.10 bits per heavy atom. The van der Waals surface area contributed by atoms with Gasteiger partial charge in [0.1, 0.15) is 0 Å². The molecule has 118 valence electrons. The molecule has 1 saturated heterocycles. The van der Waals surface area contributed by atoms with Crippen LogP contribution < -0.4 is 5.32 Å². The Morgan fingerprint density at radius 3 is 2.57 bits per heavy atom. The number of alkyl halides is 3. The van der Waals surface area contributed by atoms with Gasteiger partial charge in [0.25, 0.3) is 0 Å². The van der Waals surface area contributed by atoms with Crippen molar-refractivity contribution in [1.29, 1.82) is 0 Å². The number of imidazole rings is 1. The first kappa shape index (κ1) is 14.8. The van der Waals surface area contributed by atoms with Gasteiger partial charge in [-0.2, -0.15) is 13.2 Å². The zero-order valence-corrected chi connectivity index (χ0v) is 12.0. The Bertz CT molecular complexity index is 489. The minimum atomic E-state index is -4.38. The first-order valence-electron chi connectivity index (χ1n) is 7.64. The number of aromatic nitrogens is 2. The van der Waals surface area contributed by atoms with Crippen molar-refractivity contribution in [1.82, 2.24) is 19.8 Å². The summed E-state index contributed by atoms with van der Waals surface area (Å²) in [6.45, 7) is 4.23. The molecule has 0 aliphatic carbocycles. The molecule has 3 heterocycles. The minimum Gasteiger partial charge on any atom is -0.323 e. The van der Waals surface area contributed by atoms with Crippen LogP contribution in [-0.2, 0) is 25.7 Å². The second-order valence-electron chi connectivity index (χ2n) is 5.81. The lowest BCUT2D eigenvalue weighted by molar-refractivity contribution is -0.147. The molecule has 0 aromatic carbocycles. The van der Waals surface area contributed by atoms with Crippen LogP contribution in [-0.4, -0.2) is 40.6 Å². The normalized spacial score (nSPS) is 20.5. The molecule has 1 aromatic heterocycles. The van der Waals surface area contributed by atoms with Crippen molar-refractivity contribution < 1.29 is 13.2 Å². The molecule has 1 fully saturated rings. The van der Waals surface area contributed by atoms with E-state index in [2.05, 4.69) is 15.2 Å². The minimum absolute atomic E-state index is 0.386. The molecular weight excluding hydrogens is 281 g/mol. The van der Waals surface area contributed by atoms with Gasteiger partial charge in [0, 0.05) is 38.3 Å². The summed E-state index contributed by atoms with van der Waals surface area (Å²) in [5.41, 5.74) is 1.32. The molecule has 2 aliphatic heterocycles. The summed E-state index contributed by atoms with van der Waals surface area (Å²) in [5, 5.41) is 3.08. The fraction of sp³-hybridized carbons (Fsp3) is 0.786. The van der Waals surface area contributed by atoms with E-state index in [1.807, 2.05) is 0 Å². The van der Waals surface area contributed by atoms with Crippen LogP contribution in [0.3, 0.4) is 0 Å². The molecule has 21 heavy (non-hydrogen) atoms. The Balaban J connectivity index is 1.79. The lowest BCUT2D eigenvalue weighted by atomic mass is 10.1. The molecule has 0 spiro atoms. The van der Waals surface area contributed by atoms with Gasteiger partial charge in [-0.3, -0.25) is 0 Å². The molecule has 4 nitrogen and oxygen atoms in total. The van der Waals surface area contributed by atoms with E-state index in [1.165, 1.54) is 11.0 Å². The molecule has 0 saturated carbocycles. The molecule has 0 amide bonds. The highest BCUT2D eigenvalue weighted by atomic mass is 19.4.